The number of hydrogen-bond acceptors (Lipinski definition) is 5. The van der Waals surface area contributed by atoms with Gasteiger partial charge < -0.3 is 14.8 Å². The summed E-state index contributed by atoms with van der Waals surface area (Å²) in [6.07, 6.45) is 2.74. The van der Waals surface area contributed by atoms with Gasteiger partial charge >= 0.3 is 5.97 Å². The second kappa shape index (κ2) is 11.0. The van der Waals surface area contributed by atoms with Gasteiger partial charge in [-0.3, -0.25) is 14.4 Å². The zero-order chi connectivity index (χ0) is 21.4. The van der Waals surface area contributed by atoms with E-state index in [9.17, 15) is 14.4 Å². The predicted molar refractivity (Wildman–Crippen MR) is 111 cm³/mol. The van der Waals surface area contributed by atoms with E-state index in [2.05, 4.69) is 5.32 Å². The van der Waals surface area contributed by atoms with Gasteiger partial charge in [-0.05, 0) is 49.3 Å². The van der Waals surface area contributed by atoms with E-state index >= 15 is 0 Å². The minimum atomic E-state index is -0.613. The fourth-order valence-electron chi connectivity index (χ4n) is 3.61. The van der Waals surface area contributed by atoms with Crippen molar-refractivity contribution in [3.63, 3.8) is 0 Å². The van der Waals surface area contributed by atoms with Crippen molar-refractivity contribution in [1.82, 2.24) is 5.32 Å². The van der Waals surface area contributed by atoms with Gasteiger partial charge in [0.15, 0.2) is 5.78 Å². The molecule has 0 unspecified atom stereocenters. The molecule has 1 aromatic carbocycles. The van der Waals surface area contributed by atoms with Gasteiger partial charge in [-0.2, -0.15) is 0 Å². The highest BCUT2D eigenvalue weighted by atomic mass is 16.5. The summed E-state index contributed by atoms with van der Waals surface area (Å²) in [4.78, 5) is 37.8. The predicted octanol–water partition coefficient (Wildman–Crippen LogP) is 3.32. The maximum Gasteiger partial charge on any atom is 0.309 e. The van der Waals surface area contributed by atoms with E-state index in [1.54, 1.807) is 0 Å². The number of carbonyl (C=O) groups excluding carboxylic acids is 3. The molecule has 2 aliphatic heterocycles. The second-order valence-corrected chi connectivity index (χ2v) is 8.21. The molecule has 0 aliphatic carbocycles. The third-order valence-electron chi connectivity index (χ3n) is 5.42. The number of methoxy groups -OCH3 is 1. The van der Waals surface area contributed by atoms with E-state index in [0.717, 1.165) is 24.2 Å². The first kappa shape index (κ1) is 22.9. The molecule has 2 aliphatic rings. The molecule has 2 heterocycles. The molecular weight excluding hydrogens is 370 g/mol. The number of benzene rings is 1. The number of ether oxygens (including phenoxy) is 2. The molecule has 3 atom stereocenters. The molecule has 0 spiro atoms. The molecule has 3 rings (SSSR count). The number of fused-ring (bicyclic) bond motifs is 14. The zero-order valence-electron chi connectivity index (χ0n) is 17.9. The van der Waals surface area contributed by atoms with Crippen molar-refractivity contribution in [2.45, 2.75) is 58.9 Å². The van der Waals surface area contributed by atoms with Gasteiger partial charge in [0, 0.05) is 12.3 Å². The number of ketones is 1. The molecule has 1 N–H and O–H groups in total. The van der Waals surface area contributed by atoms with Crippen LogP contribution in [-0.2, 0) is 25.5 Å². The van der Waals surface area contributed by atoms with Gasteiger partial charge in [0.1, 0.15) is 5.75 Å². The zero-order valence-corrected chi connectivity index (χ0v) is 17.9. The van der Waals surface area contributed by atoms with Crippen molar-refractivity contribution in [2.24, 2.45) is 17.8 Å². The topological polar surface area (TPSA) is 81.7 Å². The molecule has 160 valence electrons. The van der Waals surface area contributed by atoms with Crippen LogP contribution in [0.3, 0.4) is 0 Å². The van der Waals surface area contributed by atoms with Crippen molar-refractivity contribution in [2.75, 3.05) is 13.7 Å². The van der Waals surface area contributed by atoms with Gasteiger partial charge in [0.05, 0.1) is 25.7 Å². The summed E-state index contributed by atoms with van der Waals surface area (Å²) in [5.74, 6) is -0.714. The first-order valence-corrected chi connectivity index (χ1v) is 10.4. The molecule has 1 aromatic rings. The quantitative estimate of drug-likeness (QED) is 0.766. The molecule has 1 amide bonds. The smallest absolute Gasteiger partial charge is 0.309 e. The summed E-state index contributed by atoms with van der Waals surface area (Å²) in [5, 5.41) is 2.91. The van der Waals surface area contributed by atoms with Crippen LogP contribution in [0.4, 0.5) is 0 Å². The average molecular weight is 404 g/mol. The maximum absolute atomic E-state index is 12.9. The van der Waals surface area contributed by atoms with Crippen LogP contribution in [-0.4, -0.2) is 37.4 Å². The Hall–Kier alpha value is -2.37. The maximum atomic E-state index is 12.9. The van der Waals surface area contributed by atoms with Gasteiger partial charge in [0.2, 0.25) is 5.91 Å². The largest absolute Gasteiger partial charge is 0.494 e. The van der Waals surface area contributed by atoms with Crippen LogP contribution >= 0.6 is 0 Å². The van der Waals surface area contributed by atoms with Crippen molar-refractivity contribution < 1.29 is 23.9 Å². The number of esters is 1. The fourth-order valence-corrected chi connectivity index (χ4v) is 3.61. The normalized spacial score (nSPS) is 24.5. The van der Waals surface area contributed by atoms with Crippen LogP contribution in [0.15, 0.2) is 24.3 Å². The minimum Gasteiger partial charge on any atom is -0.494 e. The summed E-state index contributed by atoms with van der Waals surface area (Å²) in [7, 11) is 1.34. The molecule has 2 bridgehead atoms. The number of amides is 1. The summed E-state index contributed by atoms with van der Waals surface area (Å²) >= 11 is 0. The van der Waals surface area contributed by atoms with Crippen LogP contribution in [0.25, 0.3) is 0 Å². The monoisotopic (exact) mass is 403 g/mol. The molecule has 0 radical (unpaired) electrons. The van der Waals surface area contributed by atoms with Gasteiger partial charge in [-0.1, -0.05) is 32.9 Å². The van der Waals surface area contributed by atoms with Gasteiger partial charge in [-0.15, -0.1) is 0 Å². The third kappa shape index (κ3) is 6.87. The van der Waals surface area contributed by atoms with Crippen LogP contribution in [0.1, 0.15) is 52.0 Å². The lowest BCUT2D eigenvalue weighted by molar-refractivity contribution is -0.147. The van der Waals surface area contributed by atoms with Crippen molar-refractivity contribution in [1.29, 1.82) is 0 Å². The third-order valence-corrected chi connectivity index (χ3v) is 5.42. The molecule has 0 aromatic heterocycles. The fraction of sp³-hybridized carbons (Fsp3) is 0.609. The first-order valence-electron chi connectivity index (χ1n) is 10.4. The molecule has 6 heteroatoms. The Morgan fingerprint density at radius 3 is 2.45 bits per heavy atom. The van der Waals surface area contributed by atoms with Crippen molar-refractivity contribution in [3.8, 4) is 5.75 Å². The Balaban J connectivity index is 2.22. The van der Waals surface area contributed by atoms with E-state index in [1.807, 2.05) is 45.0 Å². The number of carbonyl (C=O) groups is 3. The summed E-state index contributed by atoms with van der Waals surface area (Å²) in [5.41, 5.74) is 1.04. The Labute approximate surface area is 173 Å². The van der Waals surface area contributed by atoms with Crippen molar-refractivity contribution >= 4 is 17.7 Å². The van der Waals surface area contributed by atoms with E-state index in [1.165, 1.54) is 7.11 Å². The van der Waals surface area contributed by atoms with E-state index < -0.39 is 12.0 Å². The standard InChI is InChI=1S/C23H33NO5/c1-15(2)21-20(25)14-18(23(27)28-4)7-5-6-12-29-19-10-8-17(9-11-19)13-16(3)22(26)24-21/h8-11,15-16,18,21H,5-7,12-14H2,1-4H3,(H,24,26)/t16-,18+,21-/m0/s1. The number of nitrogens with one attached hydrogen (secondary N) is 1. The van der Waals surface area contributed by atoms with E-state index in [4.69, 9.17) is 9.47 Å². The Bertz CT molecular complexity index is 698. The van der Waals surface area contributed by atoms with Crippen LogP contribution < -0.4 is 10.1 Å². The number of Topliss-reactive ketones (excluding diaryl/α,β-unsaturated/α-hetero) is 1. The van der Waals surface area contributed by atoms with Gasteiger partial charge in [0.25, 0.3) is 0 Å². The number of rotatable bonds is 2. The Morgan fingerprint density at radius 1 is 1.14 bits per heavy atom. The highest BCUT2D eigenvalue weighted by Crippen LogP contribution is 2.21. The molecule has 0 fully saturated rings. The highest BCUT2D eigenvalue weighted by Gasteiger charge is 2.30. The molecular formula is C23H33NO5. The average Bonchev–Trinajstić information content (AvgIpc) is 2.70. The van der Waals surface area contributed by atoms with Crippen molar-refractivity contribution in [3.05, 3.63) is 29.8 Å². The lowest BCUT2D eigenvalue weighted by atomic mass is 9.89. The van der Waals surface area contributed by atoms with E-state index in [0.29, 0.717) is 19.4 Å². The summed E-state index contributed by atoms with van der Waals surface area (Å²) < 4.78 is 10.7. The summed E-state index contributed by atoms with van der Waals surface area (Å²) in [6, 6.07) is 7.15. The van der Waals surface area contributed by atoms with Gasteiger partial charge in [-0.25, -0.2) is 0 Å². The Morgan fingerprint density at radius 2 is 1.83 bits per heavy atom. The summed E-state index contributed by atoms with van der Waals surface area (Å²) in [6.45, 7) is 6.21. The molecule has 0 saturated carbocycles. The van der Waals surface area contributed by atoms with E-state index in [-0.39, 0.29) is 35.9 Å². The molecule has 6 nitrogen and oxygen atoms in total. The highest BCUT2D eigenvalue weighted by molar-refractivity contribution is 5.92. The molecule has 0 saturated heterocycles. The van der Waals surface area contributed by atoms with Crippen LogP contribution in [0, 0.1) is 17.8 Å². The SMILES string of the molecule is COC(=O)[C@@H]1CCCCOc2ccc(cc2)C[C@H](C)C(=O)N[C@@H](C(C)C)C(=O)C1. The molecule has 29 heavy (non-hydrogen) atoms. The van der Waals surface area contributed by atoms with Crippen LogP contribution in [0.5, 0.6) is 5.75 Å². The minimum absolute atomic E-state index is 0.0632. The Kier molecular flexibility index (Phi) is 8.68. The lowest BCUT2D eigenvalue weighted by Gasteiger charge is -2.25. The first-order chi connectivity index (χ1) is 13.8. The second-order valence-electron chi connectivity index (χ2n) is 8.21. The van der Waals surface area contributed by atoms with Crippen LogP contribution in [0.2, 0.25) is 0 Å². The number of hydrogen-bond donors (Lipinski definition) is 1. The lowest BCUT2D eigenvalue weighted by Crippen LogP contribution is -2.47.